The van der Waals surface area contributed by atoms with Crippen LogP contribution in [0.15, 0.2) is 22.1 Å². The Morgan fingerprint density at radius 3 is 2.89 bits per heavy atom. The van der Waals surface area contributed by atoms with Crippen molar-refractivity contribution in [3.63, 3.8) is 0 Å². The van der Waals surface area contributed by atoms with Crippen molar-refractivity contribution in [3.05, 3.63) is 37.7 Å². The van der Waals surface area contributed by atoms with Crippen molar-refractivity contribution in [3.8, 4) is 5.75 Å². The molecular weight excluding hydrogens is 348 g/mol. The molecule has 102 valence electrons. The molecule has 0 radical (unpaired) electrons. The minimum Gasteiger partial charge on any atom is -0.491 e. The zero-order valence-corrected chi connectivity index (χ0v) is 13.8. The molecule has 3 nitrogen and oxygen atoms in total. The molecule has 0 saturated heterocycles. The Hall–Kier alpha value is -0.780. The molecule has 0 saturated carbocycles. The smallest absolute Gasteiger partial charge is 0.156 e. The van der Waals surface area contributed by atoms with Gasteiger partial charge in [0.25, 0.3) is 0 Å². The summed E-state index contributed by atoms with van der Waals surface area (Å²) in [5.41, 5.74) is 3.79. The van der Waals surface area contributed by atoms with Crippen LogP contribution in [0, 0.1) is 6.92 Å². The summed E-state index contributed by atoms with van der Waals surface area (Å²) in [6.07, 6.45) is 0. The molecule has 1 N–H and O–H groups in total. The minimum absolute atomic E-state index is 0.606. The second-order valence-electron chi connectivity index (χ2n) is 3.91. The van der Waals surface area contributed by atoms with Crippen LogP contribution in [0.4, 0.5) is 5.69 Å². The highest BCUT2D eigenvalue weighted by Gasteiger charge is 2.11. The van der Waals surface area contributed by atoms with Crippen molar-refractivity contribution in [2.24, 2.45) is 0 Å². The number of thiazole rings is 1. The van der Waals surface area contributed by atoms with E-state index in [0.29, 0.717) is 18.2 Å². The van der Waals surface area contributed by atoms with Gasteiger partial charge >= 0.3 is 0 Å². The summed E-state index contributed by atoms with van der Waals surface area (Å²) < 4.78 is 6.49. The molecule has 0 aliphatic rings. The molecule has 0 fully saturated rings. The first-order chi connectivity index (χ1) is 9.11. The lowest BCUT2D eigenvalue weighted by Crippen LogP contribution is -2.03. The fraction of sp³-hybridized carbons (Fsp3) is 0.308. The van der Waals surface area contributed by atoms with Crippen LogP contribution in [0.1, 0.15) is 17.5 Å². The standard InChI is InChI=1S/C13H14BrClN2OS/c1-3-18-13-10(14)4-9(15)5-11(13)16-6-12-8(2)17-7-19-12/h4-5,7,16H,3,6H2,1-2H3. The van der Waals surface area contributed by atoms with E-state index in [1.807, 2.05) is 31.5 Å². The van der Waals surface area contributed by atoms with E-state index in [2.05, 4.69) is 26.2 Å². The Morgan fingerprint density at radius 1 is 1.47 bits per heavy atom. The molecular formula is C13H14BrClN2OS. The van der Waals surface area contributed by atoms with Crippen molar-refractivity contribution < 1.29 is 4.74 Å². The Kier molecular flexibility index (Phi) is 5.07. The summed E-state index contributed by atoms with van der Waals surface area (Å²) in [4.78, 5) is 5.44. The number of hydrogen-bond donors (Lipinski definition) is 1. The molecule has 1 heterocycles. The third-order valence-electron chi connectivity index (χ3n) is 2.58. The highest BCUT2D eigenvalue weighted by Crippen LogP contribution is 2.37. The van der Waals surface area contributed by atoms with Gasteiger partial charge in [-0.05, 0) is 41.9 Å². The summed E-state index contributed by atoms with van der Waals surface area (Å²) >= 11 is 11.2. The first kappa shape index (κ1) is 14.6. The van der Waals surface area contributed by atoms with Crippen LogP contribution >= 0.6 is 38.9 Å². The third-order valence-corrected chi connectivity index (χ3v) is 4.32. The predicted octanol–water partition coefficient (Wildman–Crippen LogP) is 4.88. The molecule has 6 heteroatoms. The molecule has 2 aromatic rings. The fourth-order valence-electron chi connectivity index (χ4n) is 1.65. The number of rotatable bonds is 5. The van der Waals surface area contributed by atoms with E-state index in [1.165, 1.54) is 4.88 Å². The summed E-state index contributed by atoms with van der Waals surface area (Å²) in [5.74, 6) is 0.786. The van der Waals surface area contributed by atoms with E-state index < -0.39 is 0 Å². The molecule has 0 amide bonds. The maximum absolute atomic E-state index is 6.08. The van der Waals surface area contributed by atoms with Gasteiger partial charge in [0.15, 0.2) is 5.75 Å². The van der Waals surface area contributed by atoms with Crippen LogP contribution in [0.25, 0.3) is 0 Å². The third kappa shape index (κ3) is 3.61. The number of benzene rings is 1. The van der Waals surface area contributed by atoms with Crippen molar-refractivity contribution >= 4 is 44.6 Å². The van der Waals surface area contributed by atoms with Crippen LogP contribution < -0.4 is 10.1 Å². The summed E-state index contributed by atoms with van der Waals surface area (Å²) in [7, 11) is 0. The molecule has 0 aliphatic carbocycles. The van der Waals surface area contributed by atoms with Crippen LogP contribution in [0.2, 0.25) is 5.02 Å². The molecule has 19 heavy (non-hydrogen) atoms. The Morgan fingerprint density at radius 2 is 2.26 bits per heavy atom. The molecule has 1 aromatic carbocycles. The quantitative estimate of drug-likeness (QED) is 0.824. The molecule has 1 aromatic heterocycles. The van der Waals surface area contributed by atoms with E-state index >= 15 is 0 Å². The SMILES string of the molecule is CCOc1c(Br)cc(Cl)cc1NCc1scnc1C. The van der Waals surface area contributed by atoms with Gasteiger partial charge in [0, 0.05) is 9.90 Å². The zero-order chi connectivity index (χ0) is 13.8. The summed E-state index contributed by atoms with van der Waals surface area (Å²) in [6.45, 7) is 5.28. The van der Waals surface area contributed by atoms with Gasteiger partial charge in [-0.25, -0.2) is 4.98 Å². The number of hydrogen-bond acceptors (Lipinski definition) is 4. The number of halogens is 2. The lowest BCUT2D eigenvalue weighted by Gasteiger charge is -2.14. The largest absolute Gasteiger partial charge is 0.491 e. The average molecular weight is 362 g/mol. The van der Waals surface area contributed by atoms with E-state index in [9.17, 15) is 0 Å². The van der Waals surface area contributed by atoms with Crippen molar-refractivity contribution in [2.75, 3.05) is 11.9 Å². The number of ether oxygens (including phenoxy) is 1. The zero-order valence-electron chi connectivity index (χ0n) is 10.7. The van der Waals surface area contributed by atoms with E-state index in [0.717, 1.165) is 21.6 Å². The summed E-state index contributed by atoms with van der Waals surface area (Å²) in [6, 6.07) is 3.70. The lowest BCUT2D eigenvalue weighted by molar-refractivity contribution is 0.339. The average Bonchev–Trinajstić information content (AvgIpc) is 2.76. The van der Waals surface area contributed by atoms with Gasteiger partial charge in [-0.2, -0.15) is 0 Å². The van der Waals surface area contributed by atoms with Crippen LogP contribution in [0.5, 0.6) is 5.75 Å². The van der Waals surface area contributed by atoms with Crippen molar-refractivity contribution in [1.82, 2.24) is 4.98 Å². The van der Waals surface area contributed by atoms with Crippen LogP contribution in [-0.4, -0.2) is 11.6 Å². The van der Waals surface area contributed by atoms with Crippen LogP contribution in [-0.2, 0) is 6.54 Å². The Balaban J connectivity index is 2.21. The second-order valence-corrected chi connectivity index (χ2v) is 6.14. The molecule has 0 atom stereocenters. The first-order valence-corrected chi connectivity index (χ1v) is 7.91. The lowest BCUT2D eigenvalue weighted by atomic mass is 10.2. The highest BCUT2D eigenvalue weighted by molar-refractivity contribution is 9.10. The van der Waals surface area contributed by atoms with Crippen LogP contribution in [0.3, 0.4) is 0 Å². The van der Waals surface area contributed by atoms with Gasteiger partial charge < -0.3 is 10.1 Å². The van der Waals surface area contributed by atoms with E-state index in [4.69, 9.17) is 16.3 Å². The monoisotopic (exact) mass is 360 g/mol. The maximum Gasteiger partial charge on any atom is 0.156 e. The normalized spacial score (nSPS) is 10.5. The Bertz CT molecular complexity index is 574. The van der Waals surface area contributed by atoms with Crippen molar-refractivity contribution in [2.45, 2.75) is 20.4 Å². The fourth-order valence-corrected chi connectivity index (χ4v) is 3.30. The minimum atomic E-state index is 0.606. The molecule has 0 aliphatic heterocycles. The van der Waals surface area contributed by atoms with Gasteiger partial charge in [0.05, 0.1) is 34.5 Å². The molecule has 0 unspecified atom stereocenters. The highest BCUT2D eigenvalue weighted by atomic mass is 79.9. The number of nitrogens with one attached hydrogen (secondary N) is 1. The number of anilines is 1. The van der Waals surface area contributed by atoms with E-state index in [-0.39, 0.29) is 0 Å². The van der Waals surface area contributed by atoms with Gasteiger partial charge in [-0.3, -0.25) is 0 Å². The van der Waals surface area contributed by atoms with Gasteiger partial charge in [-0.15, -0.1) is 11.3 Å². The maximum atomic E-state index is 6.08. The molecule has 0 spiro atoms. The second kappa shape index (κ2) is 6.59. The number of aromatic nitrogens is 1. The first-order valence-electron chi connectivity index (χ1n) is 5.86. The number of aryl methyl sites for hydroxylation is 1. The van der Waals surface area contributed by atoms with Crippen molar-refractivity contribution in [1.29, 1.82) is 0 Å². The van der Waals surface area contributed by atoms with E-state index in [1.54, 1.807) is 11.3 Å². The topological polar surface area (TPSA) is 34.1 Å². The molecule has 0 bridgehead atoms. The summed E-state index contributed by atoms with van der Waals surface area (Å²) in [5, 5.41) is 4.02. The van der Waals surface area contributed by atoms with Gasteiger partial charge in [-0.1, -0.05) is 11.6 Å². The number of nitrogens with zero attached hydrogens (tertiary/aromatic N) is 1. The van der Waals surface area contributed by atoms with Gasteiger partial charge in [0.2, 0.25) is 0 Å². The Labute approximate surface area is 130 Å². The predicted molar refractivity (Wildman–Crippen MR) is 84.5 cm³/mol. The van der Waals surface area contributed by atoms with Gasteiger partial charge in [0.1, 0.15) is 0 Å². The molecule has 2 rings (SSSR count).